The molecular formula is C18H30N6O3S. The highest BCUT2D eigenvalue weighted by Crippen LogP contribution is 2.19. The van der Waals surface area contributed by atoms with Crippen LogP contribution in [0, 0.1) is 0 Å². The third-order valence-corrected chi connectivity index (χ3v) is 5.66. The molecular weight excluding hydrogens is 380 g/mol. The highest BCUT2D eigenvalue weighted by Gasteiger charge is 2.21. The number of aromatic nitrogens is 3. The zero-order valence-electron chi connectivity index (χ0n) is 16.9. The standard InChI is InChI=1S/C18H30N6O3S/c1-4-13(3)19-17(27)20-15(25)12-28-18-22-21-14(24(18)5-2)11-23-10-8-6-7-9-16(23)26/h13H,4-12H2,1-3H3,(H2,19,20,25,27)/t13-/m1/s1. The lowest BCUT2D eigenvalue weighted by Gasteiger charge is -2.20. The van der Waals surface area contributed by atoms with Gasteiger partial charge in [0.05, 0.1) is 12.3 Å². The predicted molar refractivity (Wildman–Crippen MR) is 107 cm³/mol. The molecule has 0 aliphatic carbocycles. The lowest BCUT2D eigenvalue weighted by atomic mass is 10.2. The second-order valence-electron chi connectivity index (χ2n) is 6.89. The van der Waals surface area contributed by atoms with Crippen LogP contribution in [0.25, 0.3) is 0 Å². The molecule has 9 nitrogen and oxygen atoms in total. The smallest absolute Gasteiger partial charge is 0.321 e. The fraction of sp³-hybridized carbons (Fsp3) is 0.722. The van der Waals surface area contributed by atoms with Crippen LogP contribution >= 0.6 is 11.8 Å². The van der Waals surface area contributed by atoms with Gasteiger partial charge in [-0.1, -0.05) is 25.1 Å². The number of nitrogens with one attached hydrogen (secondary N) is 2. The molecule has 156 valence electrons. The molecule has 1 atom stereocenters. The van der Waals surface area contributed by atoms with E-state index in [4.69, 9.17) is 0 Å². The molecule has 28 heavy (non-hydrogen) atoms. The Morgan fingerprint density at radius 2 is 2.00 bits per heavy atom. The topological polar surface area (TPSA) is 109 Å². The van der Waals surface area contributed by atoms with Crippen LogP contribution in [0.5, 0.6) is 0 Å². The zero-order valence-corrected chi connectivity index (χ0v) is 17.7. The van der Waals surface area contributed by atoms with Crippen LogP contribution in [-0.2, 0) is 22.7 Å². The predicted octanol–water partition coefficient (Wildman–Crippen LogP) is 1.92. The highest BCUT2D eigenvalue weighted by molar-refractivity contribution is 7.99. The van der Waals surface area contributed by atoms with Crippen LogP contribution in [0.2, 0.25) is 0 Å². The van der Waals surface area contributed by atoms with E-state index in [9.17, 15) is 14.4 Å². The van der Waals surface area contributed by atoms with E-state index < -0.39 is 6.03 Å². The summed E-state index contributed by atoms with van der Waals surface area (Å²) in [6.45, 7) is 7.62. The summed E-state index contributed by atoms with van der Waals surface area (Å²) in [5.74, 6) is 0.550. The molecule has 0 bridgehead atoms. The first-order valence-corrected chi connectivity index (χ1v) is 10.9. The zero-order chi connectivity index (χ0) is 20.5. The van der Waals surface area contributed by atoms with E-state index >= 15 is 0 Å². The minimum Gasteiger partial charge on any atom is -0.335 e. The van der Waals surface area contributed by atoms with Crippen LogP contribution in [0.15, 0.2) is 5.16 Å². The third kappa shape index (κ3) is 6.50. The second kappa shape index (κ2) is 11.0. The molecule has 10 heteroatoms. The van der Waals surface area contributed by atoms with Crippen LogP contribution in [0.3, 0.4) is 0 Å². The largest absolute Gasteiger partial charge is 0.335 e. The Morgan fingerprint density at radius 1 is 1.21 bits per heavy atom. The van der Waals surface area contributed by atoms with Gasteiger partial charge in [-0.2, -0.15) is 0 Å². The molecule has 2 rings (SSSR count). The van der Waals surface area contributed by atoms with E-state index in [1.54, 1.807) is 0 Å². The van der Waals surface area contributed by atoms with E-state index in [0.29, 0.717) is 24.7 Å². The second-order valence-corrected chi connectivity index (χ2v) is 7.83. The summed E-state index contributed by atoms with van der Waals surface area (Å²) in [7, 11) is 0. The summed E-state index contributed by atoms with van der Waals surface area (Å²) in [6.07, 6.45) is 4.39. The summed E-state index contributed by atoms with van der Waals surface area (Å²) < 4.78 is 1.91. The first-order chi connectivity index (χ1) is 13.4. The summed E-state index contributed by atoms with van der Waals surface area (Å²) in [6, 6.07) is -0.481. The normalized spacial score (nSPS) is 15.8. The first kappa shape index (κ1) is 22.2. The number of hydrogen-bond acceptors (Lipinski definition) is 6. The average molecular weight is 411 g/mol. The monoisotopic (exact) mass is 410 g/mol. The number of carbonyl (C=O) groups is 3. The van der Waals surface area contributed by atoms with Crippen molar-refractivity contribution < 1.29 is 14.4 Å². The summed E-state index contributed by atoms with van der Waals surface area (Å²) in [5.41, 5.74) is 0. The number of urea groups is 1. The van der Waals surface area contributed by atoms with Crippen molar-refractivity contribution >= 4 is 29.6 Å². The van der Waals surface area contributed by atoms with E-state index in [1.165, 1.54) is 11.8 Å². The lowest BCUT2D eigenvalue weighted by molar-refractivity contribution is -0.131. The SMILES string of the molecule is CC[C@@H](C)NC(=O)NC(=O)CSc1nnc(CN2CCCCCC2=O)n1CC. The van der Waals surface area contributed by atoms with Crippen LogP contribution in [0.1, 0.15) is 58.7 Å². The molecule has 0 aromatic carbocycles. The Kier molecular flexibility index (Phi) is 8.75. The van der Waals surface area contributed by atoms with Gasteiger partial charge in [0.1, 0.15) is 0 Å². The van der Waals surface area contributed by atoms with E-state index in [-0.39, 0.29) is 23.6 Å². The number of imide groups is 1. The Labute approximate surface area is 170 Å². The molecule has 1 aromatic rings. The molecule has 1 fully saturated rings. The molecule has 1 aliphatic heterocycles. The summed E-state index contributed by atoms with van der Waals surface area (Å²) >= 11 is 1.23. The van der Waals surface area contributed by atoms with Gasteiger partial charge >= 0.3 is 6.03 Å². The Morgan fingerprint density at radius 3 is 2.71 bits per heavy atom. The van der Waals surface area contributed by atoms with Gasteiger partial charge in [-0.15, -0.1) is 10.2 Å². The molecule has 2 N–H and O–H groups in total. The molecule has 0 spiro atoms. The maximum absolute atomic E-state index is 12.2. The Balaban J connectivity index is 1.91. The fourth-order valence-corrected chi connectivity index (χ4v) is 3.71. The molecule has 1 saturated heterocycles. The van der Waals surface area contributed by atoms with Gasteiger partial charge in [0.2, 0.25) is 11.8 Å². The van der Waals surface area contributed by atoms with Gasteiger partial charge in [-0.25, -0.2) is 4.79 Å². The number of rotatable bonds is 8. The van der Waals surface area contributed by atoms with Crippen molar-refractivity contribution in [3.05, 3.63) is 5.82 Å². The molecule has 1 aromatic heterocycles. The van der Waals surface area contributed by atoms with Gasteiger partial charge in [0.15, 0.2) is 11.0 Å². The quantitative estimate of drug-likeness (QED) is 0.634. The van der Waals surface area contributed by atoms with Crippen molar-refractivity contribution in [2.45, 2.75) is 77.2 Å². The number of likely N-dealkylation sites (tertiary alicyclic amines) is 1. The van der Waals surface area contributed by atoms with Gasteiger partial charge in [-0.3, -0.25) is 14.9 Å². The third-order valence-electron chi connectivity index (χ3n) is 4.69. The number of hydrogen-bond donors (Lipinski definition) is 2. The van der Waals surface area contributed by atoms with Crippen molar-refractivity contribution in [1.82, 2.24) is 30.3 Å². The molecule has 0 radical (unpaired) electrons. The van der Waals surface area contributed by atoms with E-state index in [2.05, 4.69) is 20.8 Å². The molecule has 4 amide bonds. The van der Waals surface area contributed by atoms with Crippen LogP contribution in [0.4, 0.5) is 4.79 Å². The lowest BCUT2D eigenvalue weighted by Crippen LogP contribution is -2.43. The number of nitrogens with zero attached hydrogens (tertiary/aromatic N) is 4. The molecule has 2 heterocycles. The van der Waals surface area contributed by atoms with Gasteiger partial charge in [0, 0.05) is 25.6 Å². The first-order valence-electron chi connectivity index (χ1n) is 9.87. The minimum absolute atomic E-state index is 0.00731. The van der Waals surface area contributed by atoms with Crippen molar-refractivity contribution in [3.63, 3.8) is 0 Å². The molecule has 0 unspecified atom stereocenters. The number of carbonyl (C=O) groups excluding carboxylic acids is 3. The van der Waals surface area contributed by atoms with Crippen molar-refractivity contribution in [2.75, 3.05) is 12.3 Å². The van der Waals surface area contributed by atoms with E-state index in [1.807, 2.05) is 30.2 Å². The highest BCUT2D eigenvalue weighted by atomic mass is 32.2. The fourth-order valence-electron chi connectivity index (χ4n) is 2.89. The van der Waals surface area contributed by atoms with Crippen LogP contribution in [-0.4, -0.2) is 55.8 Å². The summed E-state index contributed by atoms with van der Waals surface area (Å²) in [5, 5.41) is 14.0. The molecule has 1 aliphatic rings. The Hall–Kier alpha value is -2.10. The van der Waals surface area contributed by atoms with Gasteiger partial charge < -0.3 is 14.8 Å². The van der Waals surface area contributed by atoms with Crippen molar-refractivity contribution in [2.24, 2.45) is 0 Å². The maximum atomic E-state index is 12.2. The van der Waals surface area contributed by atoms with Gasteiger partial charge in [0.25, 0.3) is 0 Å². The maximum Gasteiger partial charge on any atom is 0.321 e. The minimum atomic E-state index is -0.489. The number of thioether (sulfide) groups is 1. The molecule has 0 saturated carbocycles. The number of amides is 4. The summed E-state index contributed by atoms with van der Waals surface area (Å²) in [4.78, 5) is 37.8. The van der Waals surface area contributed by atoms with E-state index in [0.717, 1.165) is 38.1 Å². The van der Waals surface area contributed by atoms with Gasteiger partial charge in [-0.05, 0) is 33.1 Å². The van der Waals surface area contributed by atoms with Crippen LogP contribution < -0.4 is 10.6 Å². The Bertz CT molecular complexity index is 693. The average Bonchev–Trinajstić information content (AvgIpc) is 2.94. The van der Waals surface area contributed by atoms with Crippen molar-refractivity contribution in [1.29, 1.82) is 0 Å². The van der Waals surface area contributed by atoms with Crippen molar-refractivity contribution in [3.8, 4) is 0 Å².